The Bertz CT molecular complexity index is 999. The standard InChI is InChI=1S/C21H17NO2/c1-14(16-11-10-15-6-2-3-7-17(15)12-16)22-21(23)20-13-18-8-4-5-9-19(18)24-20/h2-14H,1H3,(H,22,23)/t14-/m1/s1. The molecular formula is C21H17NO2. The molecule has 1 atom stereocenters. The van der Waals surface area contributed by atoms with Gasteiger partial charge in [0, 0.05) is 5.39 Å². The lowest BCUT2D eigenvalue weighted by molar-refractivity contribution is 0.0914. The van der Waals surface area contributed by atoms with Crippen LogP contribution in [0.1, 0.15) is 29.1 Å². The Morgan fingerprint density at radius 1 is 0.875 bits per heavy atom. The molecule has 118 valence electrons. The van der Waals surface area contributed by atoms with Crippen LogP contribution in [0.2, 0.25) is 0 Å². The van der Waals surface area contributed by atoms with E-state index in [1.807, 2.05) is 49.4 Å². The molecule has 24 heavy (non-hydrogen) atoms. The predicted octanol–water partition coefficient (Wildman–Crippen LogP) is 5.08. The highest BCUT2D eigenvalue weighted by Gasteiger charge is 2.15. The summed E-state index contributed by atoms with van der Waals surface area (Å²) in [5, 5.41) is 6.30. The number of furan rings is 1. The lowest BCUT2D eigenvalue weighted by Crippen LogP contribution is -2.26. The molecule has 4 rings (SSSR count). The van der Waals surface area contributed by atoms with Crippen molar-refractivity contribution >= 4 is 27.6 Å². The predicted molar refractivity (Wildman–Crippen MR) is 96.0 cm³/mol. The molecule has 1 N–H and O–H groups in total. The van der Waals surface area contributed by atoms with Gasteiger partial charge in [0.05, 0.1) is 6.04 Å². The Labute approximate surface area is 139 Å². The lowest BCUT2D eigenvalue weighted by Gasteiger charge is -2.14. The van der Waals surface area contributed by atoms with Crippen LogP contribution >= 0.6 is 0 Å². The second-order valence-electron chi connectivity index (χ2n) is 5.95. The van der Waals surface area contributed by atoms with Gasteiger partial charge in [-0.25, -0.2) is 0 Å². The Morgan fingerprint density at radius 3 is 2.38 bits per heavy atom. The van der Waals surface area contributed by atoms with E-state index < -0.39 is 0 Å². The fourth-order valence-corrected chi connectivity index (χ4v) is 2.92. The van der Waals surface area contributed by atoms with Gasteiger partial charge in [-0.2, -0.15) is 0 Å². The van der Waals surface area contributed by atoms with Crippen molar-refractivity contribution in [3.05, 3.63) is 84.1 Å². The number of rotatable bonds is 3. The summed E-state index contributed by atoms with van der Waals surface area (Å²) in [6, 6.07) is 23.7. The van der Waals surface area contributed by atoms with Crippen molar-refractivity contribution in [3.63, 3.8) is 0 Å². The van der Waals surface area contributed by atoms with Crippen LogP contribution < -0.4 is 5.32 Å². The van der Waals surface area contributed by atoms with Gasteiger partial charge in [-0.05, 0) is 41.5 Å². The third kappa shape index (κ3) is 2.65. The van der Waals surface area contributed by atoms with Crippen LogP contribution in [0.4, 0.5) is 0 Å². The molecule has 0 aliphatic rings. The minimum absolute atomic E-state index is 0.102. The zero-order chi connectivity index (χ0) is 16.5. The average molecular weight is 315 g/mol. The third-order valence-corrected chi connectivity index (χ3v) is 4.27. The number of fused-ring (bicyclic) bond motifs is 2. The first-order chi connectivity index (χ1) is 11.7. The van der Waals surface area contributed by atoms with Gasteiger partial charge in [0.2, 0.25) is 0 Å². The fraction of sp³-hybridized carbons (Fsp3) is 0.0952. The summed E-state index contributed by atoms with van der Waals surface area (Å²) in [5.74, 6) is 0.135. The minimum atomic E-state index is -0.202. The van der Waals surface area contributed by atoms with Crippen molar-refractivity contribution in [2.45, 2.75) is 13.0 Å². The van der Waals surface area contributed by atoms with E-state index in [9.17, 15) is 4.79 Å². The van der Waals surface area contributed by atoms with Gasteiger partial charge in [0.15, 0.2) is 5.76 Å². The summed E-state index contributed by atoms with van der Waals surface area (Å²) in [5.41, 5.74) is 1.79. The zero-order valence-corrected chi connectivity index (χ0v) is 13.3. The molecule has 0 bridgehead atoms. The van der Waals surface area contributed by atoms with Gasteiger partial charge in [-0.15, -0.1) is 0 Å². The van der Waals surface area contributed by atoms with Crippen molar-refractivity contribution in [2.75, 3.05) is 0 Å². The molecular weight excluding hydrogens is 298 g/mol. The van der Waals surface area contributed by atoms with Crippen LogP contribution in [0.5, 0.6) is 0 Å². The number of carbonyl (C=O) groups is 1. The van der Waals surface area contributed by atoms with Crippen LogP contribution in [0, 0.1) is 0 Å². The molecule has 4 aromatic rings. The van der Waals surface area contributed by atoms with Crippen molar-refractivity contribution < 1.29 is 9.21 Å². The largest absolute Gasteiger partial charge is 0.451 e. The molecule has 1 amide bonds. The van der Waals surface area contributed by atoms with Crippen LogP contribution in [0.15, 0.2) is 77.2 Å². The fourth-order valence-electron chi connectivity index (χ4n) is 2.92. The number of benzene rings is 3. The van der Waals surface area contributed by atoms with Crippen molar-refractivity contribution in [1.29, 1.82) is 0 Å². The number of hydrogen-bond donors (Lipinski definition) is 1. The van der Waals surface area contributed by atoms with Crippen molar-refractivity contribution in [2.24, 2.45) is 0 Å². The molecule has 1 heterocycles. The molecule has 0 radical (unpaired) electrons. The average Bonchev–Trinajstić information content (AvgIpc) is 3.05. The Hall–Kier alpha value is -3.07. The summed E-state index contributed by atoms with van der Waals surface area (Å²) < 4.78 is 5.62. The first kappa shape index (κ1) is 14.5. The van der Waals surface area contributed by atoms with Crippen LogP contribution in [0.25, 0.3) is 21.7 Å². The van der Waals surface area contributed by atoms with E-state index in [1.165, 1.54) is 10.8 Å². The first-order valence-electron chi connectivity index (χ1n) is 7.99. The topological polar surface area (TPSA) is 42.2 Å². The van der Waals surface area contributed by atoms with Crippen molar-refractivity contribution in [3.8, 4) is 0 Å². The monoisotopic (exact) mass is 315 g/mol. The van der Waals surface area contributed by atoms with Gasteiger partial charge in [0.25, 0.3) is 5.91 Å². The van der Waals surface area contributed by atoms with Crippen LogP contribution in [0.3, 0.4) is 0 Å². The minimum Gasteiger partial charge on any atom is -0.451 e. The van der Waals surface area contributed by atoms with Crippen LogP contribution in [-0.2, 0) is 0 Å². The molecule has 3 aromatic carbocycles. The van der Waals surface area contributed by atoms with Gasteiger partial charge in [-0.3, -0.25) is 4.79 Å². The van der Waals surface area contributed by atoms with E-state index in [1.54, 1.807) is 6.07 Å². The maximum atomic E-state index is 12.5. The normalized spacial score (nSPS) is 12.4. The van der Waals surface area contributed by atoms with E-state index in [0.717, 1.165) is 16.5 Å². The number of carbonyl (C=O) groups excluding carboxylic acids is 1. The van der Waals surface area contributed by atoms with Gasteiger partial charge < -0.3 is 9.73 Å². The molecule has 3 nitrogen and oxygen atoms in total. The summed E-state index contributed by atoms with van der Waals surface area (Å²) in [4.78, 5) is 12.5. The molecule has 0 saturated heterocycles. The Kier molecular flexibility index (Phi) is 3.54. The van der Waals surface area contributed by atoms with Gasteiger partial charge in [0.1, 0.15) is 5.58 Å². The Balaban J connectivity index is 1.57. The second-order valence-corrected chi connectivity index (χ2v) is 5.95. The molecule has 0 spiro atoms. The van der Waals surface area contributed by atoms with E-state index in [2.05, 4.69) is 29.6 Å². The smallest absolute Gasteiger partial charge is 0.287 e. The van der Waals surface area contributed by atoms with E-state index in [-0.39, 0.29) is 11.9 Å². The summed E-state index contributed by atoms with van der Waals surface area (Å²) >= 11 is 0. The van der Waals surface area contributed by atoms with E-state index in [4.69, 9.17) is 4.42 Å². The third-order valence-electron chi connectivity index (χ3n) is 4.27. The molecule has 0 saturated carbocycles. The molecule has 1 aromatic heterocycles. The number of amides is 1. The van der Waals surface area contributed by atoms with Crippen LogP contribution in [-0.4, -0.2) is 5.91 Å². The lowest BCUT2D eigenvalue weighted by atomic mass is 10.0. The molecule has 0 unspecified atom stereocenters. The number of para-hydroxylation sites is 1. The highest BCUT2D eigenvalue weighted by Crippen LogP contribution is 2.22. The summed E-state index contributed by atoms with van der Waals surface area (Å²) in [6.45, 7) is 1.98. The Morgan fingerprint density at radius 2 is 1.58 bits per heavy atom. The van der Waals surface area contributed by atoms with Gasteiger partial charge >= 0.3 is 0 Å². The highest BCUT2D eigenvalue weighted by molar-refractivity contribution is 5.96. The zero-order valence-electron chi connectivity index (χ0n) is 13.3. The molecule has 0 aliphatic heterocycles. The molecule has 0 aliphatic carbocycles. The first-order valence-corrected chi connectivity index (χ1v) is 7.99. The highest BCUT2D eigenvalue weighted by atomic mass is 16.3. The van der Waals surface area contributed by atoms with E-state index in [0.29, 0.717) is 5.76 Å². The quantitative estimate of drug-likeness (QED) is 0.573. The molecule has 0 fully saturated rings. The van der Waals surface area contributed by atoms with Gasteiger partial charge in [-0.1, -0.05) is 54.6 Å². The SMILES string of the molecule is C[C@@H](NC(=O)c1cc2ccccc2o1)c1ccc2ccccc2c1. The number of hydrogen-bond acceptors (Lipinski definition) is 2. The summed E-state index contributed by atoms with van der Waals surface area (Å²) in [6.07, 6.45) is 0. The number of nitrogens with one attached hydrogen (secondary N) is 1. The van der Waals surface area contributed by atoms with E-state index >= 15 is 0 Å². The maximum absolute atomic E-state index is 12.5. The summed E-state index contributed by atoms with van der Waals surface area (Å²) in [7, 11) is 0. The molecule has 3 heteroatoms. The second kappa shape index (κ2) is 5.85. The van der Waals surface area contributed by atoms with Crippen molar-refractivity contribution in [1.82, 2.24) is 5.32 Å². The maximum Gasteiger partial charge on any atom is 0.287 e.